The maximum Gasteiger partial charge on any atom is 0.203 e. The summed E-state index contributed by atoms with van der Waals surface area (Å²) in [6.07, 6.45) is 3.62. The minimum atomic E-state index is 0.375. The van der Waals surface area contributed by atoms with Crippen molar-refractivity contribution in [3.63, 3.8) is 0 Å². The molecule has 2 nitrogen and oxygen atoms in total. The molecule has 0 atom stereocenters. The van der Waals surface area contributed by atoms with Crippen LogP contribution in [-0.2, 0) is 8.98 Å². The summed E-state index contributed by atoms with van der Waals surface area (Å²) in [4.78, 5) is 9.59. The van der Waals surface area contributed by atoms with E-state index in [1.807, 2.05) is 0 Å². The van der Waals surface area contributed by atoms with E-state index in [2.05, 4.69) is 4.18 Å². The van der Waals surface area contributed by atoms with Gasteiger partial charge in [-0.3, -0.25) is 4.79 Å². The molecule has 0 N–H and O–H groups in total. The standard InChI is InChI=1S/C4H5BO2S/c5-8-7-4-2-1-3-6/h1-3H,4H2/b2-1+. The minimum absolute atomic E-state index is 0.375. The normalized spacial score (nSPS) is 10.0. The molecular formula is C4H5BO2S. The maximum absolute atomic E-state index is 9.59. The van der Waals surface area contributed by atoms with Gasteiger partial charge in [-0.25, -0.2) is 0 Å². The first-order valence-electron chi connectivity index (χ1n) is 2.00. The van der Waals surface area contributed by atoms with E-state index in [4.69, 9.17) is 7.12 Å². The van der Waals surface area contributed by atoms with E-state index in [0.29, 0.717) is 12.9 Å². The molecule has 0 aliphatic heterocycles. The molecule has 0 bridgehead atoms. The van der Waals surface area contributed by atoms with Crippen molar-refractivity contribution in [2.45, 2.75) is 0 Å². The van der Waals surface area contributed by atoms with Crippen LogP contribution in [0.4, 0.5) is 0 Å². The second kappa shape index (κ2) is 6.78. The first-order chi connectivity index (χ1) is 3.91. The van der Waals surface area contributed by atoms with Crippen LogP contribution in [0.15, 0.2) is 12.2 Å². The molecule has 0 saturated heterocycles. The molecule has 0 aromatic carbocycles. The van der Waals surface area contributed by atoms with Crippen LogP contribution in [0.1, 0.15) is 0 Å². The third-order valence-corrected chi connectivity index (χ3v) is 0.719. The van der Waals surface area contributed by atoms with Crippen molar-refractivity contribution < 1.29 is 8.98 Å². The van der Waals surface area contributed by atoms with Gasteiger partial charge in [0.1, 0.15) is 6.29 Å². The van der Waals surface area contributed by atoms with Gasteiger partial charge in [0.25, 0.3) is 0 Å². The van der Waals surface area contributed by atoms with Crippen LogP contribution < -0.4 is 0 Å². The highest BCUT2D eigenvalue weighted by Crippen LogP contribution is 1.90. The summed E-state index contributed by atoms with van der Waals surface area (Å²) >= 11 is 0.785. The Morgan fingerprint density at radius 3 is 3.00 bits per heavy atom. The number of carbonyl (C=O) groups is 1. The van der Waals surface area contributed by atoms with E-state index in [1.165, 1.54) is 6.08 Å². The zero-order chi connectivity index (χ0) is 6.24. The third kappa shape index (κ3) is 5.78. The SMILES string of the molecule is [B]SOC/C=C/C=O. The first-order valence-corrected chi connectivity index (χ1v) is 2.81. The lowest BCUT2D eigenvalue weighted by atomic mass is 10.5. The van der Waals surface area contributed by atoms with Crippen molar-refractivity contribution in [3.8, 4) is 0 Å². The van der Waals surface area contributed by atoms with Gasteiger partial charge in [-0.2, -0.15) is 0 Å². The van der Waals surface area contributed by atoms with Crippen LogP contribution >= 0.6 is 11.9 Å². The van der Waals surface area contributed by atoms with Crippen LogP contribution in [0.5, 0.6) is 0 Å². The van der Waals surface area contributed by atoms with E-state index >= 15 is 0 Å². The van der Waals surface area contributed by atoms with Crippen molar-refractivity contribution in [2.75, 3.05) is 6.61 Å². The van der Waals surface area contributed by atoms with Crippen LogP contribution in [0.2, 0.25) is 0 Å². The Morgan fingerprint density at radius 2 is 2.50 bits per heavy atom. The molecule has 0 amide bonds. The van der Waals surface area contributed by atoms with Crippen molar-refractivity contribution in [1.29, 1.82) is 0 Å². The largest absolute Gasteiger partial charge is 0.324 e. The number of aldehydes is 1. The molecule has 0 aliphatic rings. The summed E-state index contributed by atoms with van der Waals surface area (Å²) < 4.78 is 4.58. The highest BCUT2D eigenvalue weighted by Gasteiger charge is 1.72. The van der Waals surface area contributed by atoms with Crippen molar-refractivity contribution in [1.82, 2.24) is 0 Å². The number of hydrogen-bond acceptors (Lipinski definition) is 3. The number of allylic oxidation sites excluding steroid dienone is 1. The molecule has 2 radical (unpaired) electrons. The maximum atomic E-state index is 9.59. The Hall–Kier alpha value is -0.215. The van der Waals surface area contributed by atoms with E-state index in [0.717, 1.165) is 11.9 Å². The van der Waals surface area contributed by atoms with Crippen LogP contribution in [0, 0.1) is 0 Å². The molecule has 0 rings (SSSR count). The van der Waals surface area contributed by atoms with Gasteiger partial charge in [-0.15, -0.1) is 0 Å². The molecule has 0 aromatic rings. The summed E-state index contributed by atoms with van der Waals surface area (Å²) in [5, 5.41) is 0. The van der Waals surface area contributed by atoms with E-state index < -0.39 is 0 Å². The van der Waals surface area contributed by atoms with Gasteiger partial charge >= 0.3 is 0 Å². The summed E-state index contributed by atoms with van der Waals surface area (Å²) in [7, 11) is 4.88. The van der Waals surface area contributed by atoms with Crippen molar-refractivity contribution in [2.24, 2.45) is 0 Å². The van der Waals surface area contributed by atoms with Crippen molar-refractivity contribution >= 4 is 25.3 Å². The lowest BCUT2D eigenvalue weighted by Gasteiger charge is -1.88. The van der Waals surface area contributed by atoms with Gasteiger partial charge < -0.3 is 4.18 Å². The van der Waals surface area contributed by atoms with Gasteiger partial charge in [0.2, 0.25) is 7.12 Å². The lowest BCUT2D eigenvalue weighted by molar-refractivity contribution is -0.104. The summed E-state index contributed by atoms with van der Waals surface area (Å²) in [5.41, 5.74) is 0. The Labute approximate surface area is 53.8 Å². The zero-order valence-corrected chi connectivity index (χ0v) is 5.06. The molecule has 0 heterocycles. The molecule has 0 fully saturated rings. The summed E-state index contributed by atoms with van der Waals surface area (Å²) in [5.74, 6) is 0. The molecule has 0 spiro atoms. The molecule has 42 valence electrons. The predicted molar refractivity (Wildman–Crippen MR) is 34.5 cm³/mol. The second-order valence-electron chi connectivity index (χ2n) is 0.945. The number of rotatable bonds is 4. The van der Waals surface area contributed by atoms with Crippen molar-refractivity contribution in [3.05, 3.63) is 12.2 Å². The van der Waals surface area contributed by atoms with E-state index in [1.54, 1.807) is 6.08 Å². The number of carbonyl (C=O) groups excluding carboxylic acids is 1. The molecule has 0 aliphatic carbocycles. The second-order valence-corrected chi connectivity index (χ2v) is 1.37. The van der Waals surface area contributed by atoms with Gasteiger partial charge in [0, 0.05) is 0 Å². The Morgan fingerprint density at radius 1 is 1.75 bits per heavy atom. The summed E-state index contributed by atoms with van der Waals surface area (Å²) in [6.45, 7) is 0.375. The van der Waals surface area contributed by atoms with Crippen LogP contribution in [0.3, 0.4) is 0 Å². The fourth-order valence-electron chi connectivity index (χ4n) is 0.190. The average Bonchev–Trinajstić information content (AvgIpc) is 1.81. The molecule has 0 unspecified atom stereocenters. The molecule has 0 aromatic heterocycles. The molecular weight excluding hydrogens is 123 g/mol. The monoisotopic (exact) mass is 128 g/mol. The highest BCUT2D eigenvalue weighted by atomic mass is 32.2. The zero-order valence-electron chi connectivity index (χ0n) is 4.24. The number of hydrogen-bond donors (Lipinski definition) is 0. The van der Waals surface area contributed by atoms with Gasteiger partial charge in [-0.05, 0) is 6.08 Å². The van der Waals surface area contributed by atoms with E-state index in [9.17, 15) is 4.79 Å². The Balaban J connectivity index is 2.91. The van der Waals surface area contributed by atoms with Crippen LogP contribution in [-0.4, -0.2) is 20.0 Å². The summed E-state index contributed by atoms with van der Waals surface area (Å²) in [6, 6.07) is 0. The van der Waals surface area contributed by atoms with Gasteiger partial charge in [-0.1, -0.05) is 18.0 Å². The molecule has 0 saturated carbocycles. The Bertz CT molecular complexity index is 84.1. The lowest BCUT2D eigenvalue weighted by Crippen LogP contribution is -1.77. The fraction of sp³-hybridized carbons (Fsp3) is 0.250. The smallest absolute Gasteiger partial charge is 0.203 e. The molecule has 8 heavy (non-hydrogen) atoms. The predicted octanol–water partition coefficient (Wildman–Crippen LogP) is 0.490. The average molecular weight is 128 g/mol. The highest BCUT2D eigenvalue weighted by molar-refractivity contribution is 8.15. The third-order valence-electron chi connectivity index (χ3n) is 0.447. The molecule has 4 heteroatoms. The first kappa shape index (κ1) is 7.78. The topological polar surface area (TPSA) is 26.3 Å². The fourth-order valence-corrected chi connectivity index (χ4v) is 0.347. The quantitative estimate of drug-likeness (QED) is 0.181. The minimum Gasteiger partial charge on any atom is -0.324 e. The van der Waals surface area contributed by atoms with Gasteiger partial charge in [0.15, 0.2) is 0 Å². The van der Waals surface area contributed by atoms with Crippen LogP contribution in [0.25, 0.3) is 0 Å². The van der Waals surface area contributed by atoms with Gasteiger partial charge in [0.05, 0.1) is 6.61 Å². The Kier molecular flexibility index (Phi) is 6.60. The van der Waals surface area contributed by atoms with E-state index in [-0.39, 0.29) is 0 Å².